The van der Waals surface area contributed by atoms with Crippen LogP contribution < -0.4 is 15.8 Å². The van der Waals surface area contributed by atoms with Crippen LogP contribution >= 0.6 is 0 Å². The zero-order valence-electron chi connectivity index (χ0n) is 11.3. The molecule has 0 unspecified atom stereocenters. The van der Waals surface area contributed by atoms with E-state index in [1.54, 1.807) is 16.9 Å². The Morgan fingerprint density at radius 3 is 2.75 bits per heavy atom. The largest absolute Gasteiger partial charge is 0.397 e. The number of aryl methyl sites for hydroxylation is 1. The standard InChI is InChI=1S/C12H17N5O2S/c1-14-20(18,19)10-3-4-11(13)12(5-10)15-6-9-7-16-17(2)8-9/h3-5,7-8,14-15H,6,13H2,1-2H3. The smallest absolute Gasteiger partial charge is 0.240 e. The molecule has 1 aromatic carbocycles. The van der Waals surface area contributed by atoms with E-state index >= 15 is 0 Å². The first-order chi connectivity index (χ1) is 9.42. The molecule has 8 heteroatoms. The van der Waals surface area contributed by atoms with E-state index in [9.17, 15) is 8.42 Å². The SMILES string of the molecule is CNS(=O)(=O)c1ccc(N)c(NCc2cnn(C)c2)c1. The zero-order valence-corrected chi connectivity index (χ0v) is 12.1. The van der Waals surface area contributed by atoms with Crippen molar-refractivity contribution in [3.8, 4) is 0 Å². The maximum absolute atomic E-state index is 11.7. The van der Waals surface area contributed by atoms with Gasteiger partial charge in [0, 0.05) is 25.4 Å². The number of hydrogen-bond acceptors (Lipinski definition) is 5. The summed E-state index contributed by atoms with van der Waals surface area (Å²) in [5.74, 6) is 0. The van der Waals surface area contributed by atoms with E-state index in [4.69, 9.17) is 5.73 Å². The highest BCUT2D eigenvalue weighted by atomic mass is 32.2. The molecule has 0 bridgehead atoms. The molecule has 0 saturated heterocycles. The quantitative estimate of drug-likeness (QED) is 0.698. The lowest BCUT2D eigenvalue weighted by Gasteiger charge is -2.10. The molecule has 0 spiro atoms. The van der Waals surface area contributed by atoms with E-state index < -0.39 is 10.0 Å². The van der Waals surface area contributed by atoms with Gasteiger partial charge in [0.15, 0.2) is 0 Å². The van der Waals surface area contributed by atoms with E-state index in [1.807, 2.05) is 13.2 Å². The number of anilines is 2. The second kappa shape index (κ2) is 5.51. The van der Waals surface area contributed by atoms with Gasteiger partial charge in [-0.25, -0.2) is 13.1 Å². The van der Waals surface area contributed by atoms with Crippen LogP contribution in [0.2, 0.25) is 0 Å². The lowest BCUT2D eigenvalue weighted by molar-refractivity contribution is 0.588. The molecule has 20 heavy (non-hydrogen) atoms. The summed E-state index contributed by atoms with van der Waals surface area (Å²) < 4.78 is 27.5. The molecule has 0 atom stereocenters. The molecule has 0 aliphatic carbocycles. The summed E-state index contributed by atoms with van der Waals surface area (Å²) in [5, 5.41) is 7.17. The maximum Gasteiger partial charge on any atom is 0.240 e. The van der Waals surface area contributed by atoms with Crippen molar-refractivity contribution >= 4 is 21.4 Å². The van der Waals surface area contributed by atoms with Crippen molar-refractivity contribution in [2.45, 2.75) is 11.4 Å². The molecular formula is C12H17N5O2S. The normalized spacial score (nSPS) is 11.5. The van der Waals surface area contributed by atoms with Gasteiger partial charge >= 0.3 is 0 Å². The predicted octanol–water partition coefficient (Wildman–Crippen LogP) is 0.522. The number of benzene rings is 1. The van der Waals surface area contributed by atoms with Crippen LogP contribution in [0.5, 0.6) is 0 Å². The summed E-state index contributed by atoms with van der Waals surface area (Å²) >= 11 is 0. The maximum atomic E-state index is 11.7. The summed E-state index contributed by atoms with van der Waals surface area (Å²) in [6.07, 6.45) is 3.61. The van der Waals surface area contributed by atoms with Crippen molar-refractivity contribution in [3.05, 3.63) is 36.2 Å². The molecule has 0 aliphatic rings. The zero-order chi connectivity index (χ0) is 14.8. The third-order valence-electron chi connectivity index (χ3n) is 2.85. The highest BCUT2D eigenvalue weighted by Gasteiger charge is 2.13. The third kappa shape index (κ3) is 3.09. The van der Waals surface area contributed by atoms with Crippen LogP contribution in [0.3, 0.4) is 0 Å². The summed E-state index contributed by atoms with van der Waals surface area (Å²) in [6, 6.07) is 4.55. The van der Waals surface area contributed by atoms with Gasteiger partial charge in [0.05, 0.1) is 22.5 Å². The van der Waals surface area contributed by atoms with E-state index in [0.717, 1.165) is 5.56 Å². The monoisotopic (exact) mass is 295 g/mol. The molecule has 0 saturated carbocycles. The summed E-state index contributed by atoms with van der Waals surface area (Å²) in [7, 11) is -0.278. The van der Waals surface area contributed by atoms with E-state index in [0.29, 0.717) is 17.9 Å². The molecule has 0 amide bonds. The van der Waals surface area contributed by atoms with E-state index in [2.05, 4.69) is 15.1 Å². The highest BCUT2D eigenvalue weighted by molar-refractivity contribution is 7.89. The van der Waals surface area contributed by atoms with Crippen molar-refractivity contribution < 1.29 is 8.42 Å². The highest BCUT2D eigenvalue weighted by Crippen LogP contribution is 2.23. The molecule has 2 rings (SSSR count). The molecule has 7 nitrogen and oxygen atoms in total. The first-order valence-corrected chi connectivity index (χ1v) is 7.45. The fraction of sp³-hybridized carbons (Fsp3) is 0.250. The second-order valence-electron chi connectivity index (χ2n) is 4.33. The molecule has 4 N–H and O–H groups in total. The van der Waals surface area contributed by atoms with Crippen LogP contribution in [0.1, 0.15) is 5.56 Å². The summed E-state index contributed by atoms with van der Waals surface area (Å²) in [5.41, 5.74) is 7.89. The van der Waals surface area contributed by atoms with Gasteiger partial charge in [0.1, 0.15) is 0 Å². The Hall–Kier alpha value is -2.06. The first-order valence-electron chi connectivity index (χ1n) is 5.97. The van der Waals surface area contributed by atoms with Gasteiger partial charge in [0.2, 0.25) is 10.0 Å². The van der Waals surface area contributed by atoms with Crippen molar-refractivity contribution in [2.75, 3.05) is 18.1 Å². The molecule has 0 fully saturated rings. The van der Waals surface area contributed by atoms with Crippen LogP contribution in [0, 0.1) is 0 Å². The number of rotatable bonds is 5. The number of sulfonamides is 1. The van der Waals surface area contributed by atoms with Crippen molar-refractivity contribution in [1.82, 2.24) is 14.5 Å². The van der Waals surface area contributed by atoms with Crippen LogP contribution in [0.25, 0.3) is 0 Å². The van der Waals surface area contributed by atoms with Gasteiger partial charge in [-0.2, -0.15) is 5.10 Å². The van der Waals surface area contributed by atoms with Crippen LogP contribution in [-0.2, 0) is 23.6 Å². The van der Waals surface area contributed by atoms with E-state index in [1.165, 1.54) is 19.2 Å². The third-order valence-corrected chi connectivity index (χ3v) is 4.26. The van der Waals surface area contributed by atoms with Gasteiger partial charge in [-0.05, 0) is 25.2 Å². The molecule has 1 aromatic heterocycles. The van der Waals surface area contributed by atoms with Crippen molar-refractivity contribution in [1.29, 1.82) is 0 Å². The Kier molecular flexibility index (Phi) is 3.96. The molecule has 2 aromatic rings. The Morgan fingerprint density at radius 1 is 1.40 bits per heavy atom. The fourth-order valence-electron chi connectivity index (χ4n) is 1.73. The molecule has 108 valence electrons. The minimum atomic E-state index is -3.48. The predicted molar refractivity (Wildman–Crippen MR) is 77.6 cm³/mol. The number of nitrogen functional groups attached to an aromatic ring is 1. The van der Waals surface area contributed by atoms with Crippen molar-refractivity contribution in [3.63, 3.8) is 0 Å². The van der Waals surface area contributed by atoms with Gasteiger partial charge in [0.25, 0.3) is 0 Å². The van der Waals surface area contributed by atoms with Gasteiger partial charge in [-0.15, -0.1) is 0 Å². The van der Waals surface area contributed by atoms with Gasteiger partial charge in [-0.1, -0.05) is 0 Å². The number of nitrogens with two attached hydrogens (primary N) is 1. The van der Waals surface area contributed by atoms with Crippen LogP contribution in [0.15, 0.2) is 35.5 Å². The van der Waals surface area contributed by atoms with Crippen molar-refractivity contribution in [2.24, 2.45) is 7.05 Å². The Bertz CT molecular complexity index is 708. The van der Waals surface area contributed by atoms with E-state index in [-0.39, 0.29) is 4.90 Å². The lowest BCUT2D eigenvalue weighted by atomic mass is 10.2. The minimum absolute atomic E-state index is 0.169. The fourth-order valence-corrected chi connectivity index (χ4v) is 2.49. The van der Waals surface area contributed by atoms with Gasteiger partial charge < -0.3 is 11.1 Å². The average molecular weight is 295 g/mol. The number of nitrogens with zero attached hydrogens (tertiary/aromatic N) is 2. The average Bonchev–Trinajstić information content (AvgIpc) is 2.83. The Labute approximate surface area is 117 Å². The second-order valence-corrected chi connectivity index (χ2v) is 6.22. The first kappa shape index (κ1) is 14.4. The Morgan fingerprint density at radius 2 is 2.15 bits per heavy atom. The molecule has 1 heterocycles. The molecule has 0 aliphatic heterocycles. The molecular weight excluding hydrogens is 278 g/mol. The topological polar surface area (TPSA) is 102 Å². The van der Waals surface area contributed by atoms with Crippen LogP contribution in [-0.4, -0.2) is 25.2 Å². The van der Waals surface area contributed by atoms with Gasteiger partial charge in [-0.3, -0.25) is 4.68 Å². The number of hydrogen-bond donors (Lipinski definition) is 3. The summed E-state index contributed by atoms with van der Waals surface area (Å²) in [6.45, 7) is 0.515. The summed E-state index contributed by atoms with van der Waals surface area (Å²) in [4.78, 5) is 0.169. The lowest BCUT2D eigenvalue weighted by Crippen LogP contribution is -2.18. The Balaban J connectivity index is 2.21. The minimum Gasteiger partial charge on any atom is -0.397 e. The van der Waals surface area contributed by atoms with Crippen LogP contribution in [0.4, 0.5) is 11.4 Å². The number of nitrogens with one attached hydrogen (secondary N) is 2. The number of aromatic nitrogens is 2. The molecule has 0 radical (unpaired) electrons.